The summed E-state index contributed by atoms with van der Waals surface area (Å²) in [6.45, 7) is 2.34. The number of halogens is 3. The third kappa shape index (κ3) is 6.15. The first-order chi connectivity index (χ1) is 15.1. The predicted molar refractivity (Wildman–Crippen MR) is 111 cm³/mol. The number of piperidine rings is 1. The molecule has 0 radical (unpaired) electrons. The number of aromatic amines is 1. The Balaban J connectivity index is 0.000000360. The zero-order chi connectivity index (χ0) is 23.3. The van der Waals surface area contributed by atoms with E-state index in [1.54, 1.807) is 0 Å². The summed E-state index contributed by atoms with van der Waals surface area (Å²) < 4.78 is 31.7. The summed E-state index contributed by atoms with van der Waals surface area (Å²) in [5.74, 6) is -3.22. The van der Waals surface area contributed by atoms with Crippen molar-refractivity contribution in [2.24, 2.45) is 0 Å². The molecule has 2 aromatic rings. The highest BCUT2D eigenvalue weighted by Gasteiger charge is 2.38. The van der Waals surface area contributed by atoms with Crippen LogP contribution in [-0.4, -0.2) is 62.1 Å². The topological polar surface area (TPSA) is 119 Å². The molecule has 0 unspecified atom stereocenters. The van der Waals surface area contributed by atoms with Crippen LogP contribution < -0.4 is 4.90 Å². The molecule has 2 fully saturated rings. The van der Waals surface area contributed by atoms with Gasteiger partial charge < -0.3 is 15.1 Å². The number of H-pyrrole nitrogens is 1. The summed E-state index contributed by atoms with van der Waals surface area (Å²) in [5, 5.41) is 27.2. The first-order valence-electron chi connectivity index (χ1n) is 10.1. The normalized spacial score (nSPS) is 20.7. The van der Waals surface area contributed by atoms with Crippen molar-refractivity contribution in [1.82, 2.24) is 15.4 Å². The van der Waals surface area contributed by atoms with E-state index in [1.807, 2.05) is 0 Å². The van der Waals surface area contributed by atoms with E-state index < -0.39 is 18.1 Å². The summed E-state index contributed by atoms with van der Waals surface area (Å²) in [6, 6.07) is 9.02. The van der Waals surface area contributed by atoms with E-state index in [9.17, 15) is 18.0 Å². The Hall–Kier alpha value is -2.76. The van der Waals surface area contributed by atoms with Crippen LogP contribution in [-0.2, 0) is 4.79 Å². The highest BCUT2D eigenvalue weighted by Crippen LogP contribution is 2.46. The van der Waals surface area contributed by atoms with E-state index in [-0.39, 0.29) is 5.69 Å². The fourth-order valence-corrected chi connectivity index (χ4v) is 4.95. The summed E-state index contributed by atoms with van der Waals surface area (Å²) in [4.78, 5) is 22.5. The summed E-state index contributed by atoms with van der Waals surface area (Å²) >= 11 is 1.52. The van der Waals surface area contributed by atoms with Crippen molar-refractivity contribution in [3.05, 3.63) is 35.5 Å². The number of hydrogen-bond acceptors (Lipinski definition) is 6. The number of rotatable bonds is 5. The molecule has 1 aromatic carbocycles. The van der Waals surface area contributed by atoms with E-state index in [0.29, 0.717) is 16.2 Å². The smallest absolute Gasteiger partial charge is 0.476 e. The standard InChI is InChI=1S/C18H22N4O2S.C2HF3O2/c23-18(24)16-17(20-21-19-16)25-15-10-13(11-15)12-4-6-14(7-5-12)22-8-2-1-3-9-22;3-2(4,5)1(6)7/h4-7,13,15H,1-3,8-11H2,(H,23,24)(H,19,20,21);(H,6,7). The van der Waals surface area contributed by atoms with Gasteiger partial charge in [-0.1, -0.05) is 23.9 Å². The number of nitrogens with zero attached hydrogens (tertiary/aromatic N) is 3. The van der Waals surface area contributed by atoms with Gasteiger partial charge >= 0.3 is 18.1 Å². The van der Waals surface area contributed by atoms with Crippen molar-refractivity contribution in [2.75, 3.05) is 18.0 Å². The van der Waals surface area contributed by atoms with E-state index in [1.165, 1.54) is 55.4 Å². The number of benzene rings is 1. The Morgan fingerprint density at radius 2 is 1.62 bits per heavy atom. The first kappa shape index (κ1) is 23.9. The summed E-state index contributed by atoms with van der Waals surface area (Å²) in [5.41, 5.74) is 2.75. The second kappa shape index (κ2) is 10.2. The predicted octanol–water partition coefficient (Wildman–Crippen LogP) is 4.16. The molecular weight excluding hydrogens is 449 g/mol. The zero-order valence-corrected chi connectivity index (χ0v) is 17.8. The Labute approximate surface area is 186 Å². The quantitative estimate of drug-likeness (QED) is 0.593. The molecular formula is C20H23F3N4O4S. The van der Waals surface area contributed by atoms with Crippen LogP contribution in [0.3, 0.4) is 0 Å². The Morgan fingerprint density at radius 1 is 1.03 bits per heavy atom. The second-order valence-corrected chi connectivity index (χ2v) is 8.92. The van der Waals surface area contributed by atoms with Crippen molar-refractivity contribution < 1.29 is 33.0 Å². The number of carboxylic acids is 2. The summed E-state index contributed by atoms with van der Waals surface area (Å²) in [7, 11) is 0. The van der Waals surface area contributed by atoms with Gasteiger partial charge in [0, 0.05) is 24.0 Å². The average Bonchev–Trinajstić information content (AvgIpc) is 3.20. The monoisotopic (exact) mass is 472 g/mol. The molecule has 3 N–H and O–H groups in total. The first-order valence-corrected chi connectivity index (χ1v) is 11.0. The lowest BCUT2D eigenvalue weighted by Gasteiger charge is -2.35. The lowest BCUT2D eigenvalue weighted by molar-refractivity contribution is -0.192. The minimum atomic E-state index is -5.08. The van der Waals surface area contributed by atoms with E-state index in [2.05, 4.69) is 44.6 Å². The van der Waals surface area contributed by atoms with Crippen molar-refractivity contribution in [1.29, 1.82) is 0 Å². The van der Waals surface area contributed by atoms with Crippen LogP contribution in [0.2, 0.25) is 0 Å². The lowest BCUT2D eigenvalue weighted by Crippen LogP contribution is -2.29. The third-order valence-corrected chi connectivity index (χ3v) is 6.65. The van der Waals surface area contributed by atoms with Gasteiger partial charge in [-0.05, 0) is 55.7 Å². The number of aromatic carboxylic acids is 1. The van der Waals surface area contributed by atoms with Crippen LogP contribution in [0.15, 0.2) is 29.3 Å². The number of aromatic nitrogens is 3. The lowest BCUT2D eigenvalue weighted by atomic mass is 9.79. The molecule has 0 atom stereocenters. The van der Waals surface area contributed by atoms with Gasteiger partial charge in [0.2, 0.25) is 5.69 Å². The SMILES string of the molecule is O=C(O)C(F)(F)F.O=C(O)c1n[nH]nc1SC1CC(c2ccc(N3CCCCC3)cc2)C1. The van der Waals surface area contributed by atoms with Crippen molar-refractivity contribution >= 4 is 29.4 Å². The van der Waals surface area contributed by atoms with Crippen LogP contribution in [0.4, 0.5) is 18.9 Å². The molecule has 32 heavy (non-hydrogen) atoms. The van der Waals surface area contributed by atoms with Gasteiger partial charge in [-0.2, -0.15) is 18.4 Å². The molecule has 1 aliphatic heterocycles. The maximum atomic E-state index is 11.1. The molecule has 2 heterocycles. The maximum Gasteiger partial charge on any atom is 0.490 e. The fraction of sp³-hybridized carbons (Fsp3) is 0.500. The van der Waals surface area contributed by atoms with Crippen LogP contribution in [0.5, 0.6) is 0 Å². The molecule has 1 saturated carbocycles. The molecule has 174 valence electrons. The number of anilines is 1. The molecule has 4 rings (SSSR count). The van der Waals surface area contributed by atoms with Gasteiger partial charge in [0.25, 0.3) is 0 Å². The van der Waals surface area contributed by atoms with Crippen LogP contribution in [0, 0.1) is 0 Å². The van der Waals surface area contributed by atoms with E-state index in [0.717, 1.165) is 12.8 Å². The molecule has 8 nitrogen and oxygen atoms in total. The minimum Gasteiger partial charge on any atom is -0.476 e. The number of hydrogen-bond donors (Lipinski definition) is 3. The van der Waals surface area contributed by atoms with Gasteiger partial charge in [-0.3, -0.25) is 0 Å². The minimum absolute atomic E-state index is 0.0272. The Bertz CT molecular complexity index is 924. The van der Waals surface area contributed by atoms with Crippen molar-refractivity contribution in [2.45, 2.75) is 54.5 Å². The average molecular weight is 472 g/mol. The highest BCUT2D eigenvalue weighted by molar-refractivity contribution is 8.00. The van der Waals surface area contributed by atoms with E-state index in [4.69, 9.17) is 15.0 Å². The van der Waals surface area contributed by atoms with E-state index >= 15 is 0 Å². The number of carbonyl (C=O) groups is 2. The molecule has 1 aliphatic carbocycles. The number of carboxylic acid groups (broad SMARTS) is 2. The molecule has 2 aliphatic rings. The summed E-state index contributed by atoms with van der Waals surface area (Å²) in [6.07, 6.45) is 0.970. The third-order valence-electron chi connectivity index (χ3n) is 5.42. The highest BCUT2D eigenvalue weighted by atomic mass is 32.2. The molecule has 0 amide bonds. The zero-order valence-electron chi connectivity index (χ0n) is 17.0. The Kier molecular flexibility index (Phi) is 7.64. The number of nitrogens with one attached hydrogen (secondary N) is 1. The maximum absolute atomic E-state index is 11.1. The van der Waals surface area contributed by atoms with Crippen molar-refractivity contribution in [3.8, 4) is 0 Å². The molecule has 1 aromatic heterocycles. The van der Waals surface area contributed by atoms with Crippen LogP contribution in [0.25, 0.3) is 0 Å². The van der Waals surface area contributed by atoms with Gasteiger partial charge in [-0.25, -0.2) is 9.59 Å². The number of alkyl halides is 3. The molecule has 0 bridgehead atoms. The second-order valence-electron chi connectivity index (χ2n) is 7.63. The molecule has 12 heteroatoms. The molecule has 0 spiro atoms. The van der Waals surface area contributed by atoms with Gasteiger partial charge in [0.1, 0.15) is 0 Å². The van der Waals surface area contributed by atoms with Crippen LogP contribution >= 0.6 is 11.8 Å². The van der Waals surface area contributed by atoms with Gasteiger partial charge in [0.05, 0.1) is 0 Å². The Morgan fingerprint density at radius 3 is 2.16 bits per heavy atom. The van der Waals surface area contributed by atoms with Crippen LogP contribution in [0.1, 0.15) is 54.1 Å². The molecule has 1 saturated heterocycles. The van der Waals surface area contributed by atoms with Gasteiger partial charge in [-0.15, -0.1) is 10.2 Å². The van der Waals surface area contributed by atoms with Gasteiger partial charge in [0.15, 0.2) is 5.03 Å². The number of thioether (sulfide) groups is 1. The number of aliphatic carboxylic acids is 1. The van der Waals surface area contributed by atoms with Crippen molar-refractivity contribution in [3.63, 3.8) is 0 Å². The fourth-order valence-electron chi connectivity index (χ4n) is 3.64. The largest absolute Gasteiger partial charge is 0.490 e.